The van der Waals surface area contributed by atoms with E-state index in [1.807, 2.05) is 4.72 Å². The number of carbonyl (C=O) groups excluding carboxylic acids is 3. The lowest BCUT2D eigenvalue weighted by Crippen LogP contribution is -2.41. The Kier molecular flexibility index (Phi) is 9.18. The maximum absolute atomic E-state index is 12.5. The quantitative estimate of drug-likeness (QED) is 0.347. The maximum atomic E-state index is 12.5. The van der Waals surface area contributed by atoms with E-state index in [1.165, 1.54) is 55.6 Å². The SMILES string of the molecule is COC(=O)[C@H](CCCCN)NC(=O)c1ccc(C(=O)NS(=O)(=O)c2ccc(Cl)cc2)cc1. The van der Waals surface area contributed by atoms with E-state index in [-0.39, 0.29) is 16.0 Å². The van der Waals surface area contributed by atoms with Crippen molar-refractivity contribution in [1.29, 1.82) is 0 Å². The number of halogens is 1. The molecule has 0 fully saturated rings. The van der Waals surface area contributed by atoms with Gasteiger partial charge in [0, 0.05) is 16.1 Å². The highest BCUT2D eigenvalue weighted by atomic mass is 35.5. The molecule has 0 aliphatic carbocycles. The van der Waals surface area contributed by atoms with E-state index < -0.39 is 33.8 Å². The smallest absolute Gasteiger partial charge is 0.328 e. The average molecular weight is 482 g/mol. The number of rotatable bonds is 10. The van der Waals surface area contributed by atoms with Gasteiger partial charge >= 0.3 is 5.97 Å². The highest BCUT2D eigenvalue weighted by molar-refractivity contribution is 7.90. The van der Waals surface area contributed by atoms with Gasteiger partial charge in [-0.2, -0.15) is 0 Å². The van der Waals surface area contributed by atoms with Crippen molar-refractivity contribution in [2.45, 2.75) is 30.2 Å². The van der Waals surface area contributed by atoms with E-state index in [9.17, 15) is 22.8 Å². The molecule has 0 bridgehead atoms. The Bertz CT molecular complexity index is 1060. The Morgan fingerprint density at radius 1 is 0.969 bits per heavy atom. The second kappa shape index (κ2) is 11.6. The summed E-state index contributed by atoms with van der Waals surface area (Å²) in [6.45, 7) is 0.471. The highest BCUT2D eigenvalue weighted by Gasteiger charge is 2.22. The summed E-state index contributed by atoms with van der Waals surface area (Å²) in [4.78, 5) is 36.6. The first-order valence-corrected chi connectivity index (χ1v) is 11.6. The molecule has 0 aliphatic heterocycles. The summed E-state index contributed by atoms with van der Waals surface area (Å²) in [5.41, 5.74) is 5.68. The molecule has 0 saturated carbocycles. The topological polar surface area (TPSA) is 145 Å². The first-order valence-electron chi connectivity index (χ1n) is 9.69. The number of carbonyl (C=O) groups is 3. The van der Waals surface area contributed by atoms with Crippen LogP contribution in [0.5, 0.6) is 0 Å². The molecule has 172 valence electrons. The third-order valence-electron chi connectivity index (χ3n) is 4.50. The van der Waals surface area contributed by atoms with Gasteiger partial charge in [-0.15, -0.1) is 0 Å². The number of benzene rings is 2. The molecule has 1 atom stereocenters. The van der Waals surface area contributed by atoms with E-state index >= 15 is 0 Å². The molecule has 0 aliphatic rings. The fraction of sp³-hybridized carbons (Fsp3) is 0.286. The van der Waals surface area contributed by atoms with Crippen LogP contribution in [-0.4, -0.2) is 45.9 Å². The molecule has 11 heteroatoms. The zero-order chi connectivity index (χ0) is 23.7. The molecule has 4 N–H and O–H groups in total. The Balaban J connectivity index is 2.06. The molecule has 9 nitrogen and oxygen atoms in total. The fourth-order valence-electron chi connectivity index (χ4n) is 2.75. The van der Waals surface area contributed by atoms with E-state index in [0.29, 0.717) is 30.8 Å². The monoisotopic (exact) mass is 481 g/mol. The predicted octanol–water partition coefficient (Wildman–Crippen LogP) is 1.86. The lowest BCUT2D eigenvalue weighted by atomic mass is 10.1. The van der Waals surface area contributed by atoms with Crippen LogP contribution in [-0.2, 0) is 19.6 Å². The van der Waals surface area contributed by atoms with Gasteiger partial charge < -0.3 is 15.8 Å². The number of esters is 1. The summed E-state index contributed by atoms with van der Waals surface area (Å²) in [5.74, 6) is -1.96. The van der Waals surface area contributed by atoms with E-state index in [4.69, 9.17) is 22.1 Å². The van der Waals surface area contributed by atoms with Gasteiger partial charge in [0.25, 0.3) is 21.8 Å². The minimum atomic E-state index is -4.09. The second-order valence-corrected chi connectivity index (χ2v) is 8.92. The number of hydrogen-bond donors (Lipinski definition) is 3. The first-order chi connectivity index (χ1) is 15.2. The Hall–Kier alpha value is -2.95. The lowest BCUT2D eigenvalue weighted by molar-refractivity contribution is -0.143. The van der Waals surface area contributed by atoms with E-state index in [0.717, 1.165) is 0 Å². The maximum Gasteiger partial charge on any atom is 0.328 e. The molecule has 2 aromatic rings. The first kappa shape index (κ1) is 25.3. The summed E-state index contributed by atoms with van der Waals surface area (Å²) in [5, 5.41) is 2.95. The molecular formula is C21H24ClN3O6S. The molecule has 0 unspecified atom stereocenters. The lowest BCUT2D eigenvalue weighted by Gasteiger charge is -2.16. The van der Waals surface area contributed by atoms with Crippen molar-refractivity contribution in [3.8, 4) is 0 Å². The molecule has 2 rings (SSSR count). The predicted molar refractivity (Wildman–Crippen MR) is 119 cm³/mol. The Morgan fingerprint density at radius 3 is 2.06 bits per heavy atom. The molecular weight excluding hydrogens is 458 g/mol. The number of unbranched alkanes of at least 4 members (excludes halogenated alkanes) is 1. The highest BCUT2D eigenvalue weighted by Crippen LogP contribution is 2.15. The van der Waals surface area contributed by atoms with Crippen molar-refractivity contribution in [3.05, 3.63) is 64.7 Å². The number of methoxy groups -OCH3 is 1. The van der Waals surface area contributed by atoms with E-state index in [2.05, 4.69) is 5.32 Å². The number of sulfonamides is 1. The summed E-state index contributed by atoms with van der Waals surface area (Å²) in [7, 11) is -2.86. The van der Waals surface area contributed by atoms with Gasteiger partial charge in [0.15, 0.2) is 0 Å². The average Bonchev–Trinajstić information content (AvgIpc) is 2.78. The minimum absolute atomic E-state index is 0.0338. The van der Waals surface area contributed by atoms with Gasteiger partial charge in [-0.25, -0.2) is 17.9 Å². The van der Waals surface area contributed by atoms with Crippen molar-refractivity contribution >= 4 is 39.4 Å². The van der Waals surface area contributed by atoms with Crippen LogP contribution < -0.4 is 15.8 Å². The molecule has 0 heterocycles. The summed E-state index contributed by atoms with van der Waals surface area (Å²) < 4.78 is 31.3. The zero-order valence-corrected chi connectivity index (χ0v) is 18.9. The second-order valence-electron chi connectivity index (χ2n) is 6.80. The molecule has 2 amide bonds. The van der Waals surface area contributed by atoms with Gasteiger partial charge in [0.2, 0.25) is 0 Å². The van der Waals surface area contributed by atoms with Gasteiger partial charge in [-0.05, 0) is 74.3 Å². The summed E-state index contributed by atoms with van der Waals surface area (Å²) in [6, 6.07) is 9.84. The van der Waals surface area contributed by atoms with Crippen molar-refractivity contribution in [2.24, 2.45) is 5.73 Å². The third kappa shape index (κ3) is 7.04. The standard InChI is InChI=1S/C21H24ClN3O6S/c1-31-21(28)18(4-2-3-13-23)24-19(26)14-5-7-15(8-6-14)20(27)25-32(29,30)17-11-9-16(22)10-12-17/h5-12,18H,2-4,13,23H2,1H3,(H,24,26)(H,25,27)/t18-/m0/s1. The van der Waals surface area contributed by atoms with Crippen molar-refractivity contribution in [1.82, 2.24) is 10.0 Å². The number of nitrogens with two attached hydrogens (primary N) is 1. The van der Waals surface area contributed by atoms with E-state index in [1.54, 1.807) is 0 Å². The normalized spacial score (nSPS) is 12.0. The van der Waals surface area contributed by atoms with Gasteiger partial charge in [0.05, 0.1) is 12.0 Å². The Labute approximate surface area is 191 Å². The van der Waals surface area contributed by atoms with Crippen LogP contribution in [0.3, 0.4) is 0 Å². The van der Waals surface area contributed by atoms with Crippen LogP contribution in [0.25, 0.3) is 0 Å². The van der Waals surface area contributed by atoms with Gasteiger partial charge in [0.1, 0.15) is 6.04 Å². The Morgan fingerprint density at radius 2 is 1.53 bits per heavy atom. The molecule has 0 saturated heterocycles. The van der Waals surface area contributed by atoms with Crippen LogP contribution >= 0.6 is 11.6 Å². The van der Waals surface area contributed by atoms with Crippen LogP contribution in [0, 0.1) is 0 Å². The third-order valence-corrected chi connectivity index (χ3v) is 6.10. The number of nitrogens with one attached hydrogen (secondary N) is 2. The minimum Gasteiger partial charge on any atom is -0.467 e. The molecule has 0 radical (unpaired) electrons. The van der Waals surface area contributed by atoms with Crippen molar-refractivity contribution in [3.63, 3.8) is 0 Å². The van der Waals surface area contributed by atoms with Crippen LogP contribution in [0.4, 0.5) is 0 Å². The number of ether oxygens (including phenoxy) is 1. The van der Waals surface area contributed by atoms with Crippen LogP contribution in [0.15, 0.2) is 53.4 Å². The molecule has 0 spiro atoms. The largest absolute Gasteiger partial charge is 0.467 e. The summed E-state index contributed by atoms with van der Waals surface area (Å²) >= 11 is 5.75. The summed E-state index contributed by atoms with van der Waals surface area (Å²) in [6.07, 6.45) is 1.71. The van der Waals surface area contributed by atoms with Crippen LogP contribution in [0.2, 0.25) is 5.02 Å². The van der Waals surface area contributed by atoms with Gasteiger partial charge in [-0.3, -0.25) is 9.59 Å². The molecule has 32 heavy (non-hydrogen) atoms. The van der Waals surface area contributed by atoms with Crippen molar-refractivity contribution in [2.75, 3.05) is 13.7 Å². The molecule has 0 aromatic heterocycles. The molecule has 2 aromatic carbocycles. The number of hydrogen-bond acceptors (Lipinski definition) is 7. The van der Waals surface area contributed by atoms with Gasteiger partial charge in [-0.1, -0.05) is 11.6 Å². The number of amides is 2. The zero-order valence-electron chi connectivity index (χ0n) is 17.3. The fourth-order valence-corrected chi connectivity index (χ4v) is 3.85. The van der Waals surface area contributed by atoms with Crippen molar-refractivity contribution < 1.29 is 27.5 Å². The van der Waals surface area contributed by atoms with Crippen LogP contribution in [0.1, 0.15) is 40.0 Å².